The molecule has 0 unspecified atom stereocenters. The molecule has 0 aromatic carbocycles. The van der Waals surface area contributed by atoms with Crippen LogP contribution in [0.5, 0.6) is 5.75 Å². The molecule has 1 aromatic heterocycles. The standard InChI is InChI=1S/C3H3N3O3.H2O/c7-1-2(6-9)4-5-3(1)8;/h7H,(H2,4,5,8);1H2. The largest absolute Gasteiger partial charge is 0.500 e. The molecule has 0 bridgehead atoms. The van der Waals surface area contributed by atoms with Crippen molar-refractivity contribution in [3.8, 4) is 5.75 Å². The summed E-state index contributed by atoms with van der Waals surface area (Å²) in [6.45, 7) is 0. The van der Waals surface area contributed by atoms with Gasteiger partial charge in [0.1, 0.15) is 0 Å². The summed E-state index contributed by atoms with van der Waals surface area (Å²) in [5.74, 6) is -1.05. The second kappa shape index (κ2) is 2.78. The molecule has 10 heavy (non-hydrogen) atoms. The first-order valence-electron chi connectivity index (χ1n) is 2.08. The molecule has 5 N–H and O–H groups in total. The second-order valence-corrected chi connectivity index (χ2v) is 1.37. The number of hydrogen-bond acceptors (Lipinski definition) is 4. The van der Waals surface area contributed by atoms with Crippen molar-refractivity contribution in [2.45, 2.75) is 0 Å². The van der Waals surface area contributed by atoms with Crippen molar-refractivity contribution in [3.05, 3.63) is 15.3 Å². The predicted molar refractivity (Wildman–Crippen MR) is 32.1 cm³/mol. The van der Waals surface area contributed by atoms with Crippen LogP contribution in [0.15, 0.2) is 9.97 Å². The van der Waals surface area contributed by atoms with Crippen molar-refractivity contribution in [2.24, 2.45) is 5.18 Å². The Kier molecular flexibility index (Phi) is 2.33. The van der Waals surface area contributed by atoms with Crippen LogP contribution in [0.25, 0.3) is 0 Å². The van der Waals surface area contributed by atoms with Gasteiger partial charge in [0.05, 0.1) is 0 Å². The van der Waals surface area contributed by atoms with E-state index in [1.54, 1.807) is 0 Å². The van der Waals surface area contributed by atoms with Crippen molar-refractivity contribution >= 4 is 5.82 Å². The highest BCUT2D eigenvalue weighted by Crippen LogP contribution is 2.15. The van der Waals surface area contributed by atoms with E-state index in [0.29, 0.717) is 0 Å². The lowest BCUT2D eigenvalue weighted by molar-refractivity contribution is 0.472. The average molecular weight is 147 g/mol. The van der Waals surface area contributed by atoms with Crippen LogP contribution in [-0.2, 0) is 0 Å². The van der Waals surface area contributed by atoms with Crippen molar-refractivity contribution in [3.63, 3.8) is 0 Å². The van der Waals surface area contributed by atoms with Crippen molar-refractivity contribution in [2.75, 3.05) is 0 Å². The van der Waals surface area contributed by atoms with Gasteiger partial charge in [-0.3, -0.25) is 15.0 Å². The van der Waals surface area contributed by atoms with E-state index in [2.05, 4.69) is 10.3 Å². The molecule has 1 heterocycles. The summed E-state index contributed by atoms with van der Waals surface area (Å²) in [5.41, 5.74) is -0.746. The maximum absolute atomic E-state index is 10.3. The van der Waals surface area contributed by atoms with E-state index in [-0.39, 0.29) is 11.3 Å². The highest BCUT2D eigenvalue weighted by molar-refractivity contribution is 5.40. The molecule has 0 aliphatic rings. The van der Waals surface area contributed by atoms with Crippen LogP contribution in [-0.4, -0.2) is 20.8 Å². The molecule has 7 nitrogen and oxygen atoms in total. The topological polar surface area (TPSA) is 130 Å². The Morgan fingerprint density at radius 1 is 1.40 bits per heavy atom. The number of H-pyrrole nitrogens is 2. The molecular formula is C3H5N3O4. The van der Waals surface area contributed by atoms with Gasteiger partial charge < -0.3 is 10.6 Å². The molecule has 0 aliphatic heterocycles. The molecule has 0 radical (unpaired) electrons. The molecule has 0 aliphatic carbocycles. The van der Waals surface area contributed by atoms with Crippen LogP contribution in [0, 0.1) is 4.91 Å². The summed E-state index contributed by atoms with van der Waals surface area (Å²) in [7, 11) is 0. The van der Waals surface area contributed by atoms with Crippen molar-refractivity contribution in [1.82, 2.24) is 10.2 Å². The minimum Gasteiger partial charge on any atom is -0.500 e. The summed E-state index contributed by atoms with van der Waals surface area (Å²) in [6, 6.07) is 0. The van der Waals surface area contributed by atoms with E-state index < -0.39 is 11.3 Å². The zero-order valence-corrected chi connectivity index (χ0v) is 4.71. The summed E-state index contributed by atoms with van der Waals surface area (Å²) < 4.78 is 0. The number of rotatable bonds is 1. The maximum atomic E-state index is 10.3. The highest BCUT2D eigenvalue weighted by Gasteiger charge is 2.05. The molecule has 7 heteroatoms. The van der Waals surface area contributed by atoms with E-state index in [9.17, 15) is 9.70 Å². The number of hydrogen-bond donors (Lipinski definition) is 3. The Morgan fingerprint density at radius 2 is 2.00 bits per heavy atom. The first-order valence-corrected chi connectivity index (χ1v) is 2.08. The summed E-state index contributed by atoms with van der Waals surface area (Å²) >= 11 is 0. The molecule has 1 aromatic rings. The van der Waals surface area contributed by atoms with E-state index in [1.165, 1.54) is 0 Å². The fraction of sp³-hybridized carbons (Fsp3) is 0. The summed E-state index contributed by atoms with van der Waals surface area (Å²) in [4.78, 5) is 19.9. The Balaban J connectivity index is 0.000000810. The van der Waals surface area contributed by atoms with Crippen LogP contribution < -0.4 is 5.56 Å². The zero-order chi connectivity index (χ0) is 6.85. The van der Waals surface area contributed by atoms with Gasteiger partial charge in [-0.25, -0.2) is 0 Å². The molecule has 1 rings (SSSR count). The zero-order valence-electron chi connectivity index (χ0n) is 4.71. The maximum Gasteiger partial charge on any atom is 0.308 e. The Labute approximate surface area is 54.0 Å². The summed E-state index contributed by atoms with van der Waals surface area (Å²) in [5, 5.41) is 14.9. The summed E-state index contributed by atoms with van der Waals surface area (Å²) in [6.07, 6.45) is 0. The van der Waals surface area contributed by atoms with E-state index in [4.69, 9.17) is 5.11 Å². The van der Waals surface area contributed by atoms with Gasteiger partial charge in [0.15, 0.2) is 0 Å². The van der Waals surface area contributed by atoms with Crippen LogP contribution in [0.1, 0.15) is 0 Å². The number of aromatic hydroxyl groups is 1. The number of nitrogens with zero attached hydrogens (tertiary/aromatic N) is 1. The number of nitrogens with one attached hydrogen (secondary N) is 2. The number of aromatic nitrogens is 2. The van der Waals surface area contributed by atoms with Crippen LogP contribution in [0.4, 0.5) is 5.82 Å². The minimum atomic E-state index is -0.746. The number of nitroso groups, excluding NO2 is 1. The van der Waals surface area contributed by atoms with Gasteiger partial charge in [-0.1, -0.05) is 0 Å². The molecule has 56 valence electrons. The van der Waals surface area contributed by atoms with Crippen molar-refractivity contribution in [1.29, 1.82) is 0 Å². The fourth-order valence-corrected chi connectivity index (χ4v) is 0.408. The third-order valence-corrected chi connectivity index (χ3v) is 0.825. The smallest absolute Gasteiger partial charge is 0.308 e. The van der Waals surface area contributed by atoms with Crippen LogP contribution in [0.2, 0.25) is 0 Å². The van der Waals surface area contributed by atoms with Gasteiger partial charge in [0.2, 0.25) is 11.6 Å². The minimum absolute atomic E-state index is 0. The molecule has 0 fully saturated rings. The quantitative estimate of drug-likeness (QED) is 0.439. The van der Waals surface area contributed by atoms with Crippen LogP contribution >= 0.6 is 0 Å². The number of aromatic amines is 2. The Hall–Kier alpha value is -1.63. The van der Waals surface area contributed by atoms with E-state index in [0.717, 1.165) is 0 Å². The van der Waals surface area contributed by atoms with Crippen LogP contribution in [0.3, 0.4) is 0 Å². The molecular weight excluding hydrogens is 142 g/mol. The average Bonchev–Trinajstić information content (AvgIpc) is 2.15. The Morgan fingerprint density at radius 3 is 2.20 bits per heavy atom. The van der Waals surface area contributed by atoms with Gasteiger partial charge in [-0.15, -0.1) is 4.91 Å². The predicted octanol–water partition coefficient (Wildman–Crippen LogP) is -1.02. The lowest BCUT2D eigenvalue weighted by atomic mass is 10.6. The molecule has 0 amide bonds. The van der Waals surface area contributed by atoms with Gasteiger partial charge in [-0.2, -0.15) is 0 Å². The van der Waals surface area contributed by atoms with Gasteiger partial charge in [-0.05, 0) is 5.18 Å². The van der Waals surface area contributed by atoms with E-state index >= 15 is 0 Å². The van der Waals surface area contributed by atoms with Gasteiger partial charge in [0, 0.05) is 0 Å². The molecule has 0 saturated carbocycles. The first kappa shape index (κ1) is 8.37. The third-order valence-electron chi connectivity index (χ3n) is 0.825. The van der Waals surface area contributed by atoms with Gasteiger partial charge >= 0.3 is 5.56 Å². The highest BCUT2D eigenvalue weighted by atomic mass is 16.3. The molecule has 0 saturated heterocycles. The van der Waals surface area contributed by atoms with E-state index in [1.807, 2.05) is 5.10 Å². The normalized spacial score (nSPS) is 8.40. The molecule has 0 atom stereocenters. The van der Waals surface area contributed by atoms with Gasteiger partial charge in [0.25, 0.3) is 0 Å². The Bertz CT molecular complexity index is 274. The van der Waals surface area contributed by atoms with Crippen molar-refractivity contribution < 1.29 is 10.6 Å². The monoisotopic (exact) mass is 147 g/mol. The third kappa shape index (κ3) is 1.03. The second-order valence-electron chi connectivity index (χ2n) is 1.37. The lowest BCUT2D eigenvalue weighted by Crippen LogP contribution is -1.95. The lowest BCUT2D eigenvalue weighted by Gasteiger charge is -1.75. The first-order chi connectivity index (χ1) is 4.25. The SMILES string of the molecule is O.O=Nc1[nH][nH]c(=O)c1O. The fourth-order valence-electron chi connectivity index (χ4n) is 0.408. The molecule has 0 spiro atoms.